The second-order valence-electron chi connectivity index (χ2n) is 12.6. The van der Waals surface area contributed by atoms with Crippen LogP contribution in [0.15, 0.2) is 109 Å². The molecule has 0 amide bonds. The zero-order valence-electron chi connectivity index (χ0n) is 28.9. The van der Waals surface area contributed by atoms with Crippen LogP contribution in [0, 0.1) is 0 Å². The first kappa shape index (κ1) is 41.3. The predicted octanol–water partition coefficient (Wildman–Crippen LogP) is -0.473. The van der Waals surface area contributed by atoms with Gasteiger partial charge < -0.3 is 37.2 Å². The summed E-state index contributed by atoms with van der Waals surface area (Å²) in [4.78, 5) is 0. The molecule has 1 atom stereocenters. The van der Waals surface area contributed by atoms with E-state index in [1.54, 1.807) is 15.6 Å². The summed E-state index contributed by atoms with van der Waals surface area (Å²) in [5, 5.41) is 4.68. The summed E-state index contributed by atoms with van der Waals surface area (Å²) in [5.74, 6) is 0. The Kier molecular flexibility index (Phi) is 16.0. The molecule has 5 heteroatoms. The Morgan fingerprint density at radius 3 is 1.15 bits per heavy atom. The van der Waals surface area contributed by atoms with Crippen molar-refractivity contribution in [1.82, 2.24) is 0 Å². The van der Waals surface area contributed by atoms with E-state index in [9.17, 15) is 0 Å². The van der Waals surface area contributed by atoms with E-state index in [4.69, 9.17) is 0 Å². The summed E-state index contributed by atoms with van der Waals surface area (Å²) >= 11 is 2.56. The first-order valence-electron chi connectivity index (χ1n) is 16.9. The van der Waals surface area contributed by atoms with E-state index in [1.165, 1.54) is 44.5 Å². The molecule has 4 aromatic rings. The molecule has 0 N–H and O–H groups in total. The van der Waals surface area contributed by atoms with Gasteiger partial charge in [0.25, 0.3) is 0 Å². The quantitative estimate of drug-likeness (QED) is 0.137. The zero-order valence-corrected chi connectivity index (χ0v) is 33.7. The topological polar surface area (TPSA) is 0 Å². The molecule has 0 saturated carbocycles. The number of aryl methyl sites for hydroxylation is 6. The van der Waals surface area contributed by atoms with Gasteiger partial charge in [0, 0.05) is 0 Å². The zero-order chi connectivity index (χ0) is 31.3. The molecular weight excluding hydrogens is 687 g/mol. The third-order valence-corrected chi connectivity index (χ3v) is 17.0. The average molecular weight is 736 g/mol. The van der Waals surface area contributed by atoms with Gasteiger partial charge in [-0.25, -0.2) is 0 Å². The fourth-order valence-corrected chi connectivity index (χ4v) is 15.2. The Balaban J connectivity index is 0.00000256. The van der Waals surface area contributed by atoms with Gasteiger partial charge in [-0.15, -0.1) is 0 Å². The molecule has 4 aromatic carbocycles. The molecule has 0 saturated heterocycles. The molecule has 0 nitrogen and oxygen atoms in total. The van der Waals surface area contributed by atoms with Crippen LogP contribution in [0.25, 0.3) is 0 Å². The summed E-state index contributed by atoms with van der Waals surface area (Å²) in [6.07, 6.45) is 15.0. The normalized spacial score (nSPS) is 15.4. The molecule has 0 radical (unpaired) electrons. The first-order valence-corrected chi connectivity index (χ1v) is 19.7. The Morgan fingerprint density at radius 2 is 0.830 bits per heavy atom. The van der Waals surface area contributed by atoms with Gasteiger partial charge in [-0.3, -0.25) is 0 Å². The molecule has 1 aliphatic rings. The Bertz CT molecular complexity index is 1480. The first-order chi connectivity index (χ1) is 21.3. The number of halogens is 3. The summed E-state index contributed by atoms with van der Waals surface area (Å²) in [5.41, 5.74) is 11.6. The van der Waals surface area contributed by atoms with Crippen LogP contribution in [0.2, 0.25) is 3.34 Å². The molecule has 246 valence electrons. The van der Waals surface area contributed by atoms with Gasteiger partial charge in [0.1, 0.15) is 0 Å². The second kappa shape index (κ2) is 18.2. The van der Waals surface area contributed by atoms with Gasteiger partial charge in [-0.2, -0.15) is 0 Å². The van der Waals surface area contributed by atoms with E-state index < -0.39 is 8.07 Å². The molecule has 0 fully saturated rings. The molecule has 0 aliphatic heterocycles. The molecular formula is C42H49Cl3SiTi. The van der Waals surface area contributed by atoms with E-state index >= 15 is 0 Å². The average Bonchev–Trinajstić information content (AvgIpc) is 3.45. The Labute approximate surface area is 316 Å². The minimum atomic E-state index is -2.72. The fraction of sp³-hybridized carbons (Fsp3) is 0.333. The monoisotopic (exact) mass is 734 g/mol. The number of allylic oxidation sites excluding steroid dienone is 4. The van der Waals surface area contributed by atoms with Crippen LogP contribution in [0.3, 0.4) is 0 Å². The molecule has 47 heavy (non-hydrogen) atoms. The van der Waals surface area contributed by atoms with Gasteiger partial charge in [-0.05, 0) is 0 Å². The van der Waals surface area contributed by atoms with E-state index in [-0.39, 0.29) is 40.6 Å². The van der Waals surface area contributed by atoms with Gasteiger partial charge in [0.15, 0.2) is 0 Å². The van der Waals surface area contributed by atoms with Crippen molar-refractivity contribution in [3.63, 3.8) is 0 Å². The second-order valence-corrected chi connectivity index (χ2v) is 18.7. The van der Waals surface area contributed by atoms with Crippen LogP contribution in [-0.4, -0.2) is 8.07 Å². The van der Waals surface area contributed by atoms with Crippen molar-refractivity contribution in [2.45, 2.75) is 89.8 Å². The third-order valence-electron chi connectivity index (χ3n) is 9.75. The maximum absolute atomic E-state index is 2.72. The van der Waals surface area contributed by atoms with E-state index in [1.807, 2.05) is 0 Å². The van der Waals surface area contributed by atoms with Crippen molar-refractivity contribution < 1.29 is 57.7 Å². The molecule has 5 rings (SSSR count). The Hall–Kier alpha value is -1.84. The van der Waals surface area contributed by atoms with E-state index in [2.05, 4.69) is 165 Å². The molecule has 0 heterocycles. The van der Waals surface area contributed by atoms with Crippen LogP contribution in [0.4, 0.5) is 0 Å². The van der Waals surface area contributed by atoms with Crippen molar-refractivity contribution in [2.24, 2.45) is 0 Å². The van der Waals surface area contributed by atoms with Crippen molar-refractivity contribution in [3.05, 3.63) is 148 Å². The van der Waals surface area contributed by atoms with Crippen LogP contribution < -0.4 is 52.8 Å². The van der Waals surface area contributed by atoms with Crippen molar-refractivity contribution >= 4 is 23.6 Å². The van der Waals surface area contributed by atoms with Gasteiger partial charge >= 0.3 is 282 Å². The summed E-state index contributed by atoms with van der Waals surface area (Å²) in [6, 6.07) is 33.9. The standard InChI is InChI=1S/C42H49Si.3ClH.Ti/c1-7-31-20-32(8-2)25-40(24-31)43(41-26-33(9-3)21-34(10-4)27-41,42-28-35(11-5)22-36(12-6)29-42)39-19-18-38(30-39)23-37-16-14-13-15-17-37;;;;/h13-22,24-30H,7-12,23H2,1-6H3;3*1H;/q;;;;+3/p-3. The maximum atomic E-state index is 2.67. The van der Waals surface area contributed by atoms with Gasteiger partial charge in [-0.1, -0.05) is 0 Å². The Morgan fingerprint density at radius 1 is 0.489 bits per heavy atom. The van der Waals surface area contributed by atoms with Crippen LogP contribution in [-0.2, 0) is 65.4 Å². The van der Waals surface area contributed by atoms with Crippen LogP contribution >= 0.6 is 0 Å². The smallest absolute Gasteiger partial charge is 1.00 e. The molecule has 1 aliphatic carbocycles. The minimum absolute atomic E-state index is 0. The fourth-order valence-electron chi connectivity index (χ4n) is 7.18. The summed E-state index contributed by atoms with van der Waals surface area (Å²) in [7, 11) is -2.72. The molecule has 0 bridgehead atoms. The van der Waals surface area contributed by atoms with Gasteiger partial charge in [0.2, 0.25) is 0 Å². The minimum Gasteiger partial charge on any atom is -1.00 e. The van der Waals surface area contributed by atoms with Crippen molar-refractivity contribution in [1.29, 1.82) is 0 Å². The molecule has 1 unspecified atom stereocenters. The van der Waals surface area contributed by atoms with Crippen LogP contribution in [0.5, 0.6) is 0 Å². The number of hydrogen-bond donors (Lipinski definition) is 0. The molecule has 0 aromatic heterocycles. The third kappa shape index (κ3) is 8.49. The predicted molar refractivity (Wildman–Crippen MR) is 190 cm³/mol. The van der Waals surface area contributed by atoms with E-state index in [0.717, 1.165) is 44.9 Å². The number of benzene rings is 4. The number of rotatable bonds is 12. The maximum Gasteiger partial charge on any atom is -1.00 e. The SMILES string of the molecule is CCc1cc(CC)cc([Si](c2cc(CC)cc(CC)c2)(c2cc(CC)cc(CC)c2)[C]2([Ti+3])C=CC(Cc3ccccc3)=C2)c1.[Cl-].[Cl-].[Cl-]. The van der Waals surface area contributed by atoms with Gasteiger partial charge in [0.05, 0.1) is 0 Å². The summed E-state index contributed by atoms with van der Waals surface area (Å²) in [6.45, 7) is 13.9. The summed E-state index contributed by atoms with van der Waals surface area (Å²) < 4.78 is -0.136. The van der Waals surface area contributed by atoms with E-state index in [0.29, 0.717) is 0 Å². The largest absolute Gasteiger partial charge is 1.00 e. The number of hydrogen-bond acceptors (Lipinski definition) is 0. The van der Waals surface area contributed by atoms with Crippen LogP contribution in [0.1, 0.15) is 80.5 Å². The van der Waals surface area contributed by atoms with Crippen molar-refractivity contribution in [3.8, 4) is 0 Å². The van der Waals surface area contributed by atoms with Crippen molar-refractivity contribution in [2.75, 3.05) is 0 Å². The molecule has 0 spiro atoms.